The fraction of sp³-hybridized carbons (Fsp3) is 0.524. The van der Waals surface area contributed by atoms with Crippen LogP contribution >= 0.6 is 0 Å². The topological polar surface area (TPSA) is 41.1 Å². The zero-order valence-electron chi connectivity index (χ0n) is 15.5. The Hall–Kier alpha value is -2.10. The standard InChI is InChI=1S/C21H28N4/c1-15-12-19(24-20(22-15)23-18-10-6-7-11-18)25-14-17-9-5-4-8-16(17)13-21(25,2)3/h4-5,8-9,12,18H,6-7,10-11,13-14H2,1-3H3,(H,22,23,24). The van der Waals surface area contributed by atoms with Crippen molar-refractivity contribution in [2.75, 3.05) is 10.2 Å². The smallest absolute Gasteiger partial charge is 0.225 e. The van der Waals surface area contributed by atoms with Crippen LogP contribution in [0.15, 0.2) is 30.3 Å². The molecule has 1 aliphatic carbocycles. The molecule has 0 bridgehead atoms. The number of hydrogen-bond acceptors (Lipinski definition) is 4. The van der Waals surface area contributed by atoms with Crippen LogP contribution in [0.25, 0.3) is 0 Å². The van der Waals surface area contributed by atoms with Crippen LogP contribution in [0, 0.1) is 6.92 Å². The number of nitrogens with zero attached hydrogens (tertiary/aromatic N) is 3. The van der Waals surface area contributed by atoms with Crippen LogP contribution < -0.4 is 10.2 Å². The van der Waals surface area contributed by atoms with Gasteiger partial charge in [0, 0.05) is 29.9 Å². The van der Waals surface area contributed by atoms with E-state index >= 15 is 0 Å². The lowest BCUT2D eigenvalue weighted by molar-refractivity contribution is 0.427. The molecule has 1 aromatic heterocycles. The van der Waals surface area contributed by atoms with Gasteiger partial charge in [-0.25, -0.2) is 4.98 Å². The summed E-state index contributed by atoms with van der Waals surface area (Å²) in [5, 5.41) is 3.56. The summed E-state index contributed by atoms with van der Waals surface area (Å²) < 4.78 is 0. The fourth-order valence-electron chi connectivity index (χ4n) is 4.23. The van der Waals surface area contributed by atoms with Crippen LogP contribution in [0.5, 0.6) is 0 Å². The van der Waals surface area contributed by atoms with Gasteiger partial charge in [-0.05, 0) is 51.2 Å². The summed E-state index contributed by atoms with van der Waals surface area (Å²) >= 11 is 0. The predicted octanol–water partition coefficient (Wildman–Crippen LogP) is 4.48. The number of rotatable bonds is 3. The van der Waals surface area contributed by atoms with E-state index < -0.39 is 0 Å². The van der Waals surface area contributed by atoms with E-state index in [9.17, 15) is 0 Å². The Balaban J connectivity index is 1.65. The number of aryl methyl sites for hydroxylation is 1. The summed E-state index contributed by atoms with van der Waals surface area (Å²) in [6, 6.07) is 11.4. The number of benzene rings is 1. The van der Waals surface area contributed by atoms with Crippen LogP contribution in [0.1, 0.15) is 56.4 Å². The van der Waals surface area contributed by atoms with E-state index in [-0.39, 0.29) is 5.54 Å². The van der Waals surface area contributed by atoms with Crippen LogP contribution in [0.3, 0.4) is 0 Å². The maximum Gasteiger partial charge on any atom is 0.225 e. The second kappa shape index (κ2) is 6.32. The van der Waals surface area contributed by atoms with Crippen molar-refractivity contribution in [1.82, 2.24) is 9.97 Å². The van der Waals surface area contributed by atoms with Crippen LogP contribution in [0.2, 0.25) is 0 Å². The Kier molecular flexibility index (Phi) is 4.14. The normalized spacial score (nSPS) is 19.7. The van der Waals surface area contributed by atoms with Gasteiger partial charge >= 0.3 is 0 Å². The Morgan fingerprint density at radius 2 is 1.80 bits per heavy atom. The van der Waals surface area contributed by atoms with Crippen LogP contribution in [-0.4, -0.2) is 21.5 Å². The molecule has 1 aliphatic heterocycles. The van der Waals surface area contributed by atoms with Crippen molar-refractivity contribution >= 4 is 11.8 Å². The monoisotopic (exact) mass is 336 g/mol. The molecule has 1 N–H and O–H groups in total. The molecule has 1 aromatic carbocycles. The van der Waals surface area contributed by atoms with E-state index in [0.717, 1.165) is 30.4 Å². The molecule has 0 spiro atoms. The van der Waals surface area contributed by atoms with E-state index in [1.165, 1.54) is 36.8 Å². The molecule has 0 saturated heterocycles. The molecule has 4 heteroatoms. The van der Waals surface area contributed by atoms with Gasteiger partial charge in [0.1, 0.15) is 5.82 Å². The molecule has 0 atom stereocenters. The SMILES string of the molecule is Cc1cc(N2Cc3ccccc3CC2(C)C)nc(NC2CCCC2)n1. The highest BCUT2D eigenvalue weighted by Crippen LogP contribution is 2.34. The molecule has 1 fully saturated rings. The molecule has 0 radical (unpaired) electrons. The van der Waals surface area contributed by atoms with Crippen LogP contribution in [0.4, 0.5) is 11.8 Å². The second-order valence-electron chi connectivity index (χ2n) is 8.16. The molecular weight excluding hydrogens is 308 g/mol. The van der Waals surface area contributed by atoms with Crippen molar-refractivity contribution in [1.29, 1.82) is 0 Å². The first kappa shape index (κ1) is 16.4. The van der Waals surface area contributed by atoms with Crippen molar-refractivity contribution in [3.8, 4) is 0 Å². The third-order valence-corrected chi connectivity index (χ3v) is 5.61. The number of hydrogen-bond donors (Lipinski definition) is 1. The van der Waals surface area contributed by atoms with Gasteiger partial charge in [0.05, 0.1) is 0 Å². The minimum absolute atomic E-state index is 0.0414. The molecule has 132 valence electrons. The average Bonchev–Trinajstić information content (AvgIpc) is 3.05. The predicted molar refractivity (Wildman–Crippen MR) is 103 cm³/mol. The number of aromatic nitrogens is 2. The highest BCUT2D eigenvalue weighted by Gasteiger charge is 2.34. The lowest BCUT2D eigenvalue weighted by Crippen LogP contribution is -2.49. The minimum atomic E-state index is 0.0414. The summed E-state index contributed by atoms with van der Waals surface area (Å²) in [7, 11) is 0. The van der Waals surface area contributed by atoms with Gasteiger partial charge in [-0.15, -0.1) is 0 Å². The van der Waals surface area contributed by atoms with Gasteiger partial charge in [0.25, 0.3) is 0 Å². The lowest BCUT2D eigenvalue weighted by Gasteiger charge is -2.44. The molecule has 1 saturated carbocycles. The molecule has 0 unspecified atom stereocenters. The molecular formula is C21H28N4. The molecule has 4 rings (SSSR count). The highest BCUT2D eigenvalue weighted by atomic mass is 15.3. The quantitative estimate of drug-likeness (QED) is 0.897. The number of fused-ring (bicyclic) bond motifs is 1. The highest BCUT2D eigenvalue weighted by molar-refractivity contribution is 5.51. The molecule has 4 nitrogen and oxygen atoms in total. The summed E-state index contributed by atoms with van der Waals surface area (Å²) in [5.41, 5.74) is 3.93. The largest absolute Gasteiger partial charge is 0.351 e. The summed E-state index contributed by atoms with van der Waals surface area (Å²) in [6.45, 7) is 7.59. The van der Waals surface area contributed by atoms with Crippen molar-refractivity contribution < 1.29 is 0 Å². The van der Waals surface area contributed by atoms with E-state index in [1.54, 1.807) is 0 Å². The molecule has 2 aromatic rings. The van der Waals surface area contributed by atoms with E-state index in [4.69, 9.17) is 4.98 Å². The lowest BCUT2D eigenvalue weighted by atomic mass is 9.85. The molecule has 2 heterocycles. The van der Waals surface area contributed by atoms with Gasteiger partial charge in [0.15, 0.2) is 0 Å². The molecule has 25 heavy (non-hydrogen) atoms. The van der Waals surface area contributed by atoms with Gasteiger partial charge in [0.2, 0.25) is 5.95 Å². The number of nitrogens with one attached hydrogen (secondary N) is 1. The Morgan fingerprint density at radius 1 is 1.08 bits per heavy atom. The maximum atomic E-state index is 4.89. The number of anilines is 2. The van der Waals surface area contributed by atoms with Gasteiger partial charge < -0.3 is 10.2 Å². The third kappa shape index (κ3) is 3.35. The summed E-state index contributed by atoms with van der Waals surface area (Å²) in [4.78, 5) is 12.0. The first-order valence-corrected chi connectivity index (χ1v) is 9.48. The van der Waals surface area contributed by atoms with Crippen molar-refractivity contribution in [2.24, 2.45) is 0 Å². The first-order valence-electron chi connectivity index (χ1n) is 9.48. The van der Waals surface area contributed by atoms with Gasteiger partial charge in [-0.2, -0.15) is 4.98 Å². The van der Waals surface area contributed by atoms with Crippen molar-refractivity contribution in [2.45, 2.75) is 71.0 Å². The summed E-state index contributed by atoms with van der Waals surface area (Å²) in [5.74, 6) is 1.82. The zero-order valence-corrected chi connectivity index (χ0v) is 15.5. The zero-order chi connectivity index (χ0) is 17.4. The van der Waals surface area contributed by atoms with E-state index in [2.05, 4.69) is 66.3 Å². The first-order chi connectivity index (χ1) is 12.0. The maximum absolute atomic E-state index is 4.89. The summed E-state index contributed by atoms with van der Waals surface area (Å²) in [6.07, 6.45) is 6.13. The van der Waals surface area contributed by atoms with E-state index in [1.807, 2.05) is 0 Å². The van der Waals surface area contributed by atoms with Gasteiger partial charge in [-0.1, -0.05) is 37.1 Å². The Labute approximate surface area is 150 Å². The molecule has 0 amide bonds. The fourth-order valence-corrected chi connectivity index (χ4v) is 4.23. The van der Waals surface area contributed by atoms with Crippen molar-refractivity contribution in [3.05, 3.63) is 47.2 Å². The Morgan fingerprint density at radius 3 is 2.56 bits per heavy atom. The average molecular weight is 336 g/mol. The van der Waals surface area contributed by atoms with E-state index in [0.29, 0.717) is 6.04 Å². The van der Waals surface area contributed by atoms with Gasteiger partial charge in [-0.3, -0.25) is 0 Å². The molecule has 2 aliphatic rings. The van der Waals surface area contributed by atoms with Crippen LogP contribution in [-0.2, 0) is 13.0 Å². The minimum Gasteiger partial charge on any atom is -0.351 e. The second-order valence-corrected chi connectivity index (χ2v) is 8.16. The van der Waals surface area contributed by atoms with Crippen molar-refractivity contribution in [3.63, 3.8) is 0 Å². The third-order valence-electron chi connectivity index (χ3n) is 5.61. The Bertz CT molecular complexity index is 762.